The maximum Gasteiger partial charge on any atom is 0.251 e. The third-order valence-electron chi connectivity index (χ3n) is 5.30. The lowest BCUT2D eigenvalue weighted by Gasteiger charge is -2.30. The van der Waals surface area contributed by atoms with Gasteiger partial charge in [-0.3, -0.25) is 4.79 Å². The van der Waals surface area contributed by atoms with Crippen molar-refractivity contribution in [3.05, 3.63) is 0 Å². The highest BCUT2D eigenvalue weighted by Gasteiger charge is 2.33. The molecule has 0 rings (SSSR count). The van der Waals surface area contributed by atoms with Gasteiger partial charge in [-0.1, -0.05) is 20.8 Å². The van der Waals surface area contributed by atoms with Crippen LogP contribution in [-0.2, 0) is 14.3 Å². The van der Waals surface area contributed by atoms with E-state index in [4.69, 9.17) is 14.6 Å². The molecule has 9 nitrogen and oxygen atoms in total. The van der Waals surface area contributed by atoms with Crippen molar-refractivity contribution in [2.45, 2.75) is 70.9 Å². The average Bonchev–Trinajstić information content (AvgIpc) is 2.73. The molecule has 4 unspecified atom stereocenters. The zero-order valence-electron chi connectivity index (χ0n) is 17.3. The Bertz CT molecular complexity index is 397. The molecule has 9 heteroatoms. The Morgan fingerprint density at radius 2 is 1.50 bits per heavy atom. The van der Waals surface area contributed by atoms with Crippen molar-refractivity contribution in [2.75, 3.05) is 39.6 Å². The summed E-state index contributed by atoms with van der Waals surface area (Å²) >= 11 is 0. The van der Waals surface area contributed by atoms with Gasteiger partial charge in [0.2, 0.25) is 0 Å². The SMILES string of the molecule is CCC(CC)(CC)COCCCOCCNC(=O)C(O)C(O)C(O)C(O)CO. The van der Waals surface area contributed by atoms with Crippen LogP contribution in [0.5, 0.6) is 0 Å². The van der Waals surface area contributed by atoms with Gasteiger partial charge in [0.05, 0.1) is 19.8 Å². The highest BCUT2D eigenvalue weighted by molar-refractivity contribution is 5.81. The lowest BCUT2D eigenvalue weighted by molar-refractivity contribution is -0.149. The van der Waals surface area contributed by atoms with Gasteiger partial charge >= 0.3 is 0 Å². The van der Waals surface area contributed by atoms with Gasteiger partial charge in [-0.05, 0) is 31.1 Å². The summed E-state index contributed by atoms with van der Waals surface area (Å²) in [6.45, 7) is 7.89. The molecular weight excluding hydrogens is 370 g/mol. The summed E-state index contributed by atoms with van der Waals surface area (Å²) in [5.41, 5.74) is 0.247. The van der Waals surface area contributed by atoms with E-state index in [1.807, 2.05) is 0 Å². The van der Waals surface area contributed by atoms with Gasteiger partial charge in [0.25, 0.3) is 5.91 Å². The maximum atomic E-state index is 11.7. The molecule has 0 aromatic heterocycles. The molecule has 0 radical (unpaired) electrons. The molecule has 0 fully saturated rings. The van der Waals surface area contributed by atoms with Crippen molar-refractivity contribution >= 4 is 5.91 Å². The molecule has 0 aromatic carbocycles. The number of rotatable bonds is 17. The van der Waals surface area contributed by atoms with Crippen molar-refractivity contribution in [2.24, 2.45) is 5.41 Å². The van der Waals surface area contributed by atoms with E-state index in [0.717, 1.165) is 32.3 Å². The lowest BCUT2D eigenvalue weighted by Crippen LogP contribution is -2.52. The molecule has 1 amide bonds. The monoisotopic (exact) mass is 409 g/mol. The largest absolute Gasteiger partial charge is 0.394 e. The van der Waals surface area contributed by atoms with Crippen LogP contribution in [-0.4, -0.2) is 95.4 Å². The molecule has 0 saturated carbocycles. The highest BCUT2D eigenvalue weighted by atomic mass is 16.5. The predicted molar refractivity (Wildman–Crippen MR) is 104 cm³/mol. The Kier molecular flexibility index (Phi) is 14.6. The van der Waals surface area contributed by atoms with E-state index >= 15 is 0 Å². The standard InChI is InChI=1S/C19H39NO8/c1-4-19(5-2,6-3)13-28-10-7-9-27-11-8-20-18(26)17(25)16(24)15(23)14(22)12-21/h14-17,21-25H,4-13H2,1-3H3,(H,20,26). The van der Waals surface area contributed by atoms with Crippen molar-refractivity contribution in [1.82, 2.24) is 5.32 Å². The molecule has 168 valence electrons. The Hall–Kier alpha value is -0.810. The molecule has 0 aromatic rings. The van der Waals surface area contributed by atoms with Crippen molar-refractivity contribution < 1.29 is 39.8 Å². The quantitative estimate of drug-likeness (QED) is 0.171. The number of aliphatic hydroxyl groups excluding tert-OH is 5. The highest BCUT2D eigenvalue weighted by Crippen LogP contribution is 2.30. The van der Waals surface area contributed by atoms with Crippen LogP contribution < -0.4 is 5.32 Å². The third kappa shape index (κ3) is 9.60. The molecule has 0 aliphatic carbocycles. The smallest absolute Gasteiger partial charge is 0.251 e. The van der Waals surface area contributed by atoms with E-state index in [9.17, 15) is 25.2 Å². The molecule has 0 aliphatic rings. The Morgan fingerprint density at radius 3 is 2.04 bits per heavy atom. The molecule has 0 saturated heterocycles. The van der Waals surface area contributed by atoms with Gasteiger partial charge in [0.1, 0.15) is 18.3 Å². The van der Waals surface area contributed by atoms with E-state index in [1.165, 1.54) is 0 Å². The molecular formula is C19H39NO8. The first kappa shape index (κ1) is 27.2. The van der Waals surface area contributed by atoms with E-state index in [0.29, 0.717) is 13.2 Å². The number of amides is 1. The van der Waals surface area contributed by atoms with Crippen LogP contribution in [0, 0.1) is 5.41 Å². The molecule has 0 heterocycles. The zero-order chi connectivity index (χ0) is 21.6. The molecule has 6 N–H and O–H groups in total. The molecule has 0 bridgehead atoms. The number of ether oxygens (including phenoxy) is 2. The van der Waals surface area contributed by atoms with Crippen LogP contribution in [0.1, 0.15) is 46.5 Å². The molecule has 28 heavy (non-hydrogen) atoms. The van der Waals surface area contributed by atoms with Gasteiger partial charge in [0.15, 0.2) is 6.10 Å². The van der Waals surface area contributed by atoms with Gasteiger partial charge in [-0.2, -0.15) is 0 Å². The minimum Gasteiger partial charge on any atom is -0.394 e. The minimum atomic E-state index is -1.93. The second-order valence-electron chi connectivity index (χ2n) is 7.05. The fraction of sp³-hybridized carbons (Fsp3) is 0.947. The van der Waals surface area contributed by atoms with Crippen LogP contribution in [0.25, 0.3) is 0 Å². The topological polar surface area (TPSA) is 149 Å². The second kappa shape index (κ2) is 15.1. The normalized spacial score (nSPS) is 16.4. The van der Waals surface area contributed by atoms with Crippen LogP contribution in [0.2, 0.25) is 0 Å². The lowest BCUT2D eigenvalue weighted by atomic mass is 9.81. The molecule has 0 aliphatic heterocycles. The number of hydrogen-bond donors (Lipinski definition) is 6. The third-order valence-corrected chi connectivity index (χ3v) is 5.30. The number of hydrogen-bond acceptors (Lipinski definition) is 8. The predicted octanol–water partition coefficient (Wildman–Crippen LogP) is -0.822. The van der Waals surface area contributed by atoms with Crippen LogP contribution >= 0.6 is 0 Å². The maximum absolute atomic E-state index is 11.7. The first-order valence-corrected chi connectivity index (χ1v) is 10.0. The van der Waals surface area contributed by atoms with Crippen molar-refractivity contribution in [3.8, 4) is 0 Å². The summed E-state index contributed by atoms with van der Waals surface area (Å²) in [7, 11) is 0. The van der Waals surface area contributed by atoms with E-state index < -0.39 is 36.9 Å². The van der Waals surface area contributed by atoms with Crippen molar-refractivity contribution in [1.29, 1.82) is 0 Å². The average molecular weight is 410 g/mol. The van der Waals surface area contributed by atoms with E-state index in [2.05, 4.69) is 26.1 Å². The summed E-state index contributed by atoms with van der Waals surface area (Å²) in [6, 6.07) is 0. The Balaban J connectivity index is 3.84. The number of nitrogens with one attached hydrogen (secondary N) is 1. The molecule has 0 spiro atoms. The molecule has 4 atom stereocenters. The summed E-state index contributed by atoms with van der Waals surface area (Å²) in [5, 5.41) is 49.0. The first-order valence-electron chi connectivity index (χ1n) is 10.0. The fourth-order valence-corrected chi connectivity index (χ4v) is 2.74. The summed E-state index contributed by atoms with van der Waals surface area (Å²) in [4.78, 5) is 11.7. The number of aliphatic hydroxyl groups is 5. The van der Waals surface area contributed by atoms with E-state index in [1.54, 1.807) is 0 Å². The van der Waals surface area contributed by atoms with Gasteiger partial charge < -0.3 is 40.3 Å². The summed E-state index contributed by atoms with van der Waals surface area (Å²) < 4.78 is 11.1. The van der Waals surface area contributed by atoms with Crippen LogP contribution in [0.4, 0.5) is 0 Å². The van der Waals surface area contributed by atoms with Gasteiger partial charge in [-0.25, -0.2) is 0 Å². The van der Waals surface area contributed by atoms with Gasteiger partial charge in [-0.15, -0.1) is 0 Å². The summed E-state index contributed by atoms with van der Waals surface area (Å²) in [6.07, 6.45) is -3.34. The Morgan fingerprint density at radius 1 is 0.929 bits per heavy atom. The number of carbonyl (C=O) groups is 1. The van der Waals surface area contributed by atoms with Crippen LogP contribution in [0.3, 0.4) is 0 Å². The van der Waals surface area contributed by atoms with Gasteiger partial charge in [0, 0.05) is 19.8 Å². The van der Waals surface area contributed by atoms with Crippen molar-refractivity contribution in [3.63, 3.8) is 0 Å². The number of carbonyl (C=O) groups excluding carboxylic acids is 1. The zero-order valence-corrected chi connectivity index (χ0v) is 17.3. The van der Waals surface area contributed by atoms with Crippen LogP contribution in [0.15, 0.2) is 0 Å². The Labute approximate surface area is 167 Å². The summed E-state index contributed by atoms with van der Waals surface area (Å²) in [5.74, 6) is -0.904. The van der Waals surface area contributed by atoms with E-state index in [-0.39, 0.29) is 18.6 Å². The second-order valence-corrected chi connectivity index (χ2v) is 7.05. The fourth-order valence-electron chi connectivity index (χ4n) is 2.74. The minimum absolute atomic E-state index is 0.118. The first-order chi connectivity index (χ1) is 13.3.